The fourth-order valence-corrected chi connectivity index (χ4v) is 2.16. The van der Waals surface area contributed by atoms with Gasteiger partial charge < -0.3 is 10.1 Å². The van der Waals surface area contributed by atoms with Gasteiger partial charge in [-0.2, -0.15) is 0 Å². The van der Waals surface area contributed by atoms with Gasteiger partial charge >= 0.3 is 0 Å². The molecule has 1 saturated carbocycles. The Hall–Kier alpha value is -1.58. The smallest absolute Gasteiger partial charge is 0.260 e. The molecule has 1 N–H and O–H groups in total. The Morgan fingerprint density at radius 2 is 1.94 bits per heavy atom. The van der Waals surface area contributed by atoms with Crippen LogP contribution >= 0.6 is 0 Å². The van der Waals surface area contributed by atoms with Crippen molar-refractivity contribution in [2.45, 2.75) is 44.8 Å². The highest BCUT2D eigenvalue weighted by Crippen LogP contribution is 2.18. The molecule has 0 aliphatic heterocycles. The zero-order chi connectivity index (χ0) is 13.0. The number of nitrogens with one attached hydrogen (secondary N) is 1. The van der Waals surface area contributed by atoms with Crippen LogP contribution < -0.4 is 10.1 Å². The van der Waals surface area contributed by atoms with E-state index in [1.165, 1.54) is 37.1 Å². The molecule has 0 radical (unpaired) electrons. The zero-order valence-corrected chi connectivity index (χ0v) is 10.5. The largest absolute Gasteiger partial charge is 0.481 e. The van der Waals surface area contributed by atoms with Gasteiger partial charge in [0.2, 0.25) is 0 Å². The van der Waals surface area contributed by atoms with Crippen LogP contribution in [0.1, 0.15) is 32.6 Å². The maximum absolute atomic E-state index is 12.7. The summed E-state index contributed by atoms with van der Waals surface area (Å²) >= 11 is 0. The van der Waals surface area contributed by atoms with E-state index in [-0.39, 0.29) is 17.8 Å². The van der Waals surface area contributed by atoms with Crippen LogP contribution in [-0.4, -0.2) is 18.1 Å². The molecule has 1 aromatic rings. The minimum absolute atomic E-state index is 0.105. The summed E-state index contributed by atoms with van der Waals surface area (Å²) in [5.74, 6) is 0.0853. The molecular formula is C14H18FNO2. The number of hydrogen-bond acceptors (Lipinski definition) is 2. The summed E-state index contributed by atoms with van der Waals surface area (Å²) < 4.78 is 18.2. The van der Waals surface area contributed by atoms with Crippen molar-refractivity contribution in [1.29, 1.82) is 0 Å². The molecule has 1 aromatic carbocycles. The highest BCUT2D eigenvalue weighted by Gasteiger charge is 2.21. The fraction of sp³-hybridized carbons (Fsp3) is 0.500. The van der Waals surface area contributed by atoms with Gasteiger partial charge in [0.15, 0.2) is 6.10 Å². The molecule has 1 atom stereocenters. The predicted molar refractivity (Wildman–Crippen MR) is 66.9 cm³/mol. The molecule has 0 saturated heterocycles. The van der Waals surface area contributed by atoms with Crippen LogP contribution in [0.3, 0.4) is 0 Å². The zero-order valence-electron chi connectivity index (χ0n) is 10.5. The lowest BCUT2D eigenvalue weighted by molar-refractivity contribution is -0.127. The number of carbonyl (C=O) groups is 1. The third-order valence-corrected chi connectivity index (χ3v) is 3.20. The van der Waals surface area contributed by atoms with Crippen LogP contribution in [0.4, 0.5) is 4.39 Å². The van der Waals surface area contributed by atoms with Crippen molar-refractivity contribution in [2.24, 2.45) is 0 Å². The Labute approximate surface area is 106 Å². The quantitative estimate of drug-likeness (QED) is 0.893. The molecule has 0 heterocycles. The second-order valence-corrected chi connectivity index (χ2v) is 4.70. The maximum atomic E-state index is 12.7. The fourth-order valence-electron chi connectivity index (χ4n) is 2.16. The van der Waals surface area contributed by atoms with Gasteiger partial charge in [-0.1, -0.05) is 12.8 Å². The number of hydrogen-bond donors (Lipinski definition) is 1. The standard InChI is InChI=1S/C14H18FNO2/c1-10(14(17)16-12-4-2-3-5-12)18-13-8-6-11(15)7-9-13/h6-10,12H,2-5H2,1H3,(H,16,17)/t10-/m1/s1. The Balaban J connectivity index is 1.84. The second-order valence-electron chi connectivity index (χ2n) is 4.70. The topological polar surface area (TPSA) is 38.3 Å². The summed E-state index contributed by atoms with van der Waals surface area (Å²) in [5.41, 5.74) is 0. The molecule has 0 aromatic heterocycles. The average molecular weight is 251 g/mol. The van der Waals surface area contributed by atoms with Gasteiger partial charge in [0.1, 0.15) is 11.6 Å². The molecular weight excluding hydrogens is 233 g/mol. The van der Waals surface area contributed by atoms with Crippen molar-refractivity contribution >= 4 is 5.91 Å². The minimum atomic E-state index is -0.559. The lowest BCUT2D eigenvalue weighted by Crippen LogP contribution is -2.41. The number of ether oxygens (including phenoxy) is 1. The molecule has 4 heteroatoms. The number of benzene rings is 1. The van der Waals surface area contributed by atoms with Crippen molar-refractivity contribution < 1.29 is 13.9 Å². The Morgan fingerprint density at radius 3 is 2.56 bits per heavy atom. The number of rotatable bonds is 4. The van der Waals surface area contributed by atoms with E-state index in [1.54, 1.807) is 6.92 Å². The lowest BCUT2D eigenvalue weighted by atomic mass is 10.2. The van der Waals surface area contributed by atoms with Gasteiger partial charge in [0, 0.05) is 6.04 Å². The van der Waals surface area contributed by atoms with Gasteiger partial charge in [0.25, 0.3) is 5.91 Å². The van der Waals surface area contributed by atoms with Crippen molar-refractivity contribution in [3.05, 3.63) is 30.1 Å². The summed E-state index contributed by atoms with van der Waals surface area (Å²) in [6.07, 6.45) is 3.90. The van der Waals surface area contributed by atoms with Gasteiger partial charge in [-0.15, -0.1) is 0 Å². The highest BCUT2D eigenvalue weighted by atomic mass is 19.1. The third-order valence-electron chi connectivity index (χ3n) is 3.20. The first-order chi connectivity index (χ1) is 8.65. The Morgan fingerprint density at radius 1 is 1.33 bits per heavy atom. The molecule has 3 nitrogen and oxygen atoms in total. The molecule has 18 heavy (non-hydrogen) atoms. The average Bonchev–Trinajstić information content (AvgIpc) is 2.85. The summed E-state index contributed by atoms with van der Waals surface area (Å²) in [6, 6.07) is 5.97. The summed E-state index contributed by atoms with van der Waals surface area (Å²) in [5, 5.41) is 2.97. The molecule has 98 valence electrons. The van der Waals surface area contributed by atoms with Crippen molar-refractivity contribution in [2.75, 3.05) is 0 Å². The molecule has 0 unspecified atom stereocenters. The number of halogens is 1. The normalized spacial score (nSPS) is 17.4. The highest BCUT2D eigenvalue weighted by molar-refractivity contribution is 5.81. The van der Waals surface area contributed by atoms with Gasteiger partial charge in [-0.05, 0) is 44.0 Å². The van der Waals surface area contributed by atoms with E-state index in [2.05, 4.69) is 5.32 Å². The van der Waals surface area contributed by atoms with Gasteiger partial charge in [-0.3, -0.25) is 4.79 Å². The number of carbonyl (C=O) groups excluding carboxylic acids is 1. The molecule has 1 aliphatic rings. The summed E-state index contributed by atoms with van der Waals surface area (Å²) in [7, 11) is 0. The van der Waals surface area contributed by atoms with E-state index < -0.39 is 6.10 Å². The van der Waals surface area contributed by atoms with Crippen LogP contribution in [0.15, 0.2) is 24.3 Å². The summed E-state index contributed by atoms with van der Waals surface area (Å²) in [6.45, 7) is 1.70. The molecule has 1 aliphatic carbocycles. The Bertz CT molecular complexity index is 399. The van der Waals surface area contributed by atoms with Crippen molar-refractivity contribution in [3.63, 3.8) is 0 Å². The first-order valence-electron chi connectivity index (χ1n) is 6.38. The van der Waals surface area contributed by atoms with Crippen LogP contribution in [0, 0.1) is 5.82 Å². The van der Waals surface area contributed by atoms with Crippen LogP contribution in [0.25, 0.3) is 0 Å². The van der Waals surface area contributed by atoms with Crippen LogP contribution in [0.5, 0.6) is 5.75 Å². The summed E-state index contributed by atoms with van der Waals surface area (Å²) in [4.78, 5) is 11.9. The van der Waals surface area contributed by atoms with E-state index >= 15 is 0 Å². The molecule has 2 rings (SSSR count). The van der Waals surface area contributed by atoms with Crippen molar-refractivity contribution in [1.82, 2.24) is 5.32 Å². The maximum Gasteiger partial charge on any atom is 0.260 e. The van der Waals surface area contributed by atoms with E-state index in [0.29, 0.717) is 5.75 Å². The molecule has 0 spiro atoms. The monoisotopic (exact) mass is 251 g/mol. The first kappa shape index (κ1) is 12.9. The molecule has 1 fully saturated rings. The van der Waals surface area contributed by atoms with E-state index in [0.717, 1.165) is 12.8 Å². The van der Waals surface area contributed by atoms with Gasteiger partial charge in [0.05, 0.1) is 0 Å². The third kappa shape index (κ3) is 3.45. The van der Waals surface area contributed by atoms with E-state index in [4.69, 9.17) is 4.74 Å². The minimum Gasteiger partial charge on any atom is -0.481 e. The predicted octanol–water partition coefficient (Wildman–Crippen LogP) is 2.65. The van der Waals surface area contributed by atoms with Gasteiger partial charge in [-0.25, -0.2) is 4.39 Å². The van der Waals surface area contributed by atoms with Crippen LogP contribution in [0.2, 0.25) is 0 Å². The Kier molecular flexibility index (Phi) is 4.18. The van der Waals surface area contributed by atoms with Crippen molar-refractivity contribution in [3.8, 4) is 5.75 Å². The molecule has 1 amide bonds. The van der Waals surface area contributed by atoms with E-state index in [1.807, 2.05) is 0 Å². The van der Waals surface area contributed by atoms with E-state index in [9.17, 15) is 9.18 Å². The SMILES string of the molecule is C[C@@H](Oc1ccc(F)cc1)C(=O)NC1CCCC1. The number of amides is 1. The lowest BCUT2D eigenvalue weighted by Gasteiger charge is -2.17. The molecule has 0 bridgehead atoms. The first-order valence-corrected chi connectivity index (χ1v) is 6.38. The van der Waals surface area contributed by atoms with Crippen LogP contribution in [-0.2, 0) is 4.79 Å². The second kappa shape index (κ2) is 5.85.